The van der Waals surface area contributed by atoms with E-state index >= 15 is 0 Å². The van der Waals surface area contributed by atoms with Crippen molar-refractivity contribution in [1.82, 2.24) is 15.2 Å². The summed E-state index contributed by atoms with van der Waals surface area (Å²) in [7, 11) is 0. The lowest BCUT2D eigenvalue weighted by Gasteiger charge is -2.34. The molecule has 0 saturated heterocycles. The molecule has 2 N–H and O–H groups in total. The Labute approximate surface area is 332 Å². The molecule has 5 aliphatic rings. The third-order valence-electron chi connectivity index (χ3n) is 13.1. The largest absolute Gasteiger partial charge is 0.456 e. The highest BCUT2D eigenvalue weighted by molar-refractivity contribution is 6.03. The van der Waals surface area contributed by atoms with Gasteiger partial charge >= 0.3 is 0 Å². The monoisotopic (exact) mass is 740 g/mol. The van der Waals surface area contributed by atoms with Crippen LogP contribution in [0.1, 0.15) is 72.6 Å². The first-order chi connectivity index (χ1) is 28.3. The molecule has 12 rings (SSSR count). The molecular formula is C52H44N4O. The van der Waals surface area contributed by atoms with Gasteiger partial charge in [-0.3, -0.25) is 5.32 Å². The minimum atomic E-state index is -0.161. The van der Waals surface area contributed by atoms with Crippen LogP contribution in [0, 0.1) is 0 Å². The van der Waals surface area contributed by atoms with Crippen LogP contribution in [0.5, 0.6) is 0 Å². The van der Waals surface area contributed by atoms with Crippen molar-refractivity contribution in [2.45, 2.75) is 70.1 Å². The zero-order valence-electron chi connectivity index (χ0n) is 32.0. The Bertz CT molecular complexity index is 3010. The zero-order valence-corrected chi connectivity index (χ0v) is 32.0. The van der Waals surface area contributed by atoms with Crippen molar-refractivity contribution >= 4 is 39.4 Å². The fraction of sp³-hybridized carbons (Fsp3) is 0.212. The van der Waals surface area contributed by atoms with E-state index in [1.165, 1.54) is 91.1 Å². The topological polar surface area (TPSA) is 54.5 Å². The number of benzene rings is 5. The van der Waals surface area contributed by atoms with Crippen molar-refractivity contribution in [1.29, 1.82) is 0 Å². The minimum absolute atomic E-state index is 0.0994. The van der Waals surface area contributed by atoms with Gasteiger partial charge in [-0.1, -0.05) is 115 Å². The number of nitrogens with one attached hydrogen (secondary N) is 2. The van der Waals surface area contributed by atoms with Crippen LogP contribution in [0.2, 0.25) is 0 Å². The normalized spacial score (nSPS) is 19.6. The summed E-state index contributed by atoms with van der Waals surface area (Å²) in [5.41, 5.74) is 19.2. The van der Waals surface area contributed by atoms with Crippen LogP contribution in [0.3, 0.4) is 0 Å². The molecule has 2 unspecified atom stereocenters. The van der Waals surface area contributed by atoms with Gasteiger partial charge in [0.25, 0.3) is 0 Å². The summed E-state index contributed by atoms with van der Waals surface area (Å²) in [5.74, 6) is 0.951. The molecule has 2 atom stereocenters. The number of hydrogen-bond acceptors (Lipinski definition) is 4. The van der Waals surface area contributed by atoms with Crippen molar-refractivity contribution in [3.63, 3.8) is 0 Å². The molecule has 5 nitrogen and oxygen atoms in total. The second-order valence-corrected chi connectivity index (χ2v) is 16.3. The molecule has 0 radical (unpaired) electrons. The quantitative estimate of drug-likeness (QED) is 0.185. The van der Waals surface area contributed by atoms with Gasteiger partial charge in [0.1, 0.15) is 29.2 Å². The first-order valence-corrected chi connectivity index (χ1v) is 20.9. The van der Waals surface area contributed by atoms with Gasteiger partial charge in [-0.2, -0.15) is 0 Å². The summed E-state index contributed by atoms with van der Waals surface area (Å²) >= 11 is 0. The molecule has 278 valence electrons. The summed E-state index contributed by atoms with van der Waals surface area (Å²) in [6.45, 7) is 0. The fourth-order valence-electron chi connectivity index (χ4n) is 10.5. The van der Waals surface area contributed by atoms with Gasteiger partial charge in [0, 0.05) is 44.9 Å². The number of furan rings is 1. The van der Waals surface area contributed by atoms with Crippen molar-refractivity contribution < 1.29 is 4.42 Å². The smallest absolute Gasteiger partial charge is 0.143 e. The molecule has 3 heterocycles. The predicted molar refractivity (Wildman–Crippen MR) is 233 cm³/mol. The van der Waals surface area contributed by atoms with Crippen LogP contribution in [0.25, 0.3) is 61.5 Å². The van der Waals surface area contributed by atoms with Gasteiger partial charge in [0.05, 0.1) is 5.52 Å². The first-order valence-electron chi connectivity index (χ1n) is 20.9. The molecule has 57 heavy (non-hydrogen) atoms. The number of para-hydroxylation sites is 2. The highest BCUT2D eigenvalue weighted by Crippen LogP contribution is 2.47. The standard InChI is InChI=1S/C52H44N4O/c1-3-15-32(16-4-1)50-53-51(33-17-5-2-6-18-33)55-52(54-50)41-26-14-30-46-48(41)40-25-12-24-39(49(40)57-46)37-22-11-19-34-31-42-38(47(34)37)23-13-29-45(42)56-43-27-9-7-20-35(43)36-21-8-10-28-44(36)56/h1,3-5,7,9,11-13,15-20,22-25,27,29-30,50,52,54H,2,6,8,10,14,21,26,28,31H2,(H,53,55). The van der Waals surface area contributed by atoms with Crippen molar-refractivity contribution in [3.8, 4) is 27.9 Å². The van der Waals surface area contributed by atoms with Crippen LogP contribution in [0.15, 0.2) is 142 Å². The number of rotatable bonds is 5. The average Bonchev–Trinajstić information content (AvgIpc) is 3.97. The second-order valence-electron chi connectivity index (χ2n) is 16.3. The van der Waals surface area contributed by atoms with Gasteiger partial charge in [0.15, 0.2) is 0 Å². The average molecular weight is 741 g/mol. The molecule has 0 fully saturated rings. The number of hydrogen-bond donors (Lipinski definition) is 2. The first kappa shape index (κ1) is 33.0. The minimum Gasteiger partial charge on any atom is -0.456 e. The number of amidine groups is 1. The highest BCUT2D eigenvalue weighted by Gasteiger charge is 2.31. The lowest BCUT2D eigenvalue weighted by atomic mass is 9.92. The summed E-state index contributed by atoms with van der Waals surface area (Å²) in [4.78, 5) is 5.22. The van der Waals surface area contributed by atoms with E-state index in [1.54, 1.807) is 5.56 Å². The third kappa shape index (κ3) is 5.22. The van der Waals surface area contributed by atoms with Crippen LogP contribution in [-0.4, -0.2) is 16.6 Å². The van der Waals surface area contributed by atoms with Gasteiger partial charge in [0.2, 0.25) is 0 Å². The molecular weight excluding hydrogens is 697 g/mol. The molecule has 0 saturated carbocycles. The van der Waals surface area contributed by atoms with Crippen LogP contribution >= 0.6 is 0 Å². The molecule has 5 heteroatoms. The van der Waals surface area contributed by atoms with E-state index in [0.29, 0.717) is 0 Å². The van der Waals surface area contributed by atoms with E-state index in [4.69, 9.17) is 9.41 Å². The number of aromatic nitrogens is 1. The Morgan fingerprint density at radius 1 is 0.684 bits per heavy atom. The maximum Gasteiger partial charge on any atom is 0.143 e. The molecule has 0 spiro atoms. The zero-order chi connectivity index (χ0) is 37.5. The molecule has 0 bridgehead atoms. The number of fused-ring (bicyclic) bond motifs is 9. The maximum absolute atomic E-state index is 7.00. The lowest BCUT2D eigenvalue weighted by molar-refractivity contribution is 0.451. The van der Waals surface area contributed by atoms with E-state index in [9.17, 15) is 0 Å². The number of allylic oxidation sites excluding steroid dienone is 2. The number of nitrogens with zero attached hydrogens (tertiary/aromatic N) is 2. The molecule has 2 aromatic heterocycles. The third-order valence-corrected chi connectivity index (χ3v) is 13.1. The van der Waals surface area contributed by atoms with E-state index in [2.05, 4.69) is 149 Å². The van der Waals surface area contributed by atoms with Gasteiger partial charge < -0.3 is 14.3 Å². The molecule has 4 aliphatic carbocycles. The maximum atomic E-state index is 7.00. The van der Waals surface area contributed by atoms with Gasteiger partial charge in [-0.25, -0.2) is 4.99 Å². The second kappa shape index (κ2) is 13.2. The van der Waals surface area contributed by atoms with Gasteiger partial charge in [-0.15, -0.1) is 0 Å². The Hall–Kier alpha value is -6.17. The Balaban J connectivity index is 1.00. The summed E-state index contributed by atoms with van der Waals surface area (Å²) in [6.07, 6.45) is 18.5. The van der Waals surface area contributed by atoms with E-state index < -0.39 is 0 Å². The van der Waals surface area contributed by atoms with E-state index in [-0.39, 0.29) is 12.3 Å². The Morgan fingerprint density at radius 2 is 1.51 bits per heavy atom. The SMILES string of the molecule is C1=CC(C2=NC(c3ccccc3)NC(C3=c4c(oc5c(-c6cccc7c6-c6cccc(-n8c9c(c%10ccccc%108)CCCC9)c6C7)cccc45)=CCC3)N2)=CCC1. The van der Waals surface area contributed by atoms with Gasteiger partial charge in [-0.05, 0) is 114 Å². The predicted octanol–water partition coefficient (Wildman–Crippen LogP) is 10.1. The van der Waals surface area contributed by atoms with Crippen LogP contribution in [0.4, 0.5) is 0 Å². The van der Waals surface area contributed by atoms with Crippen LogP contribution in [-0.2, 0) is 19.3 Å². The fourth-order valence-corrected chi connectivity index (χ4v) is 10.5. The van der Waals surface area contributed by atoms with E-state index in [1.807, 2.05) is 0 Å². The van der Waals surface area contributed by atoms with Crippen molar-refractivity contribution in [2.24, 2.45) is 4.99 Å². The van der Waals surface area contributed by atoms with E-state index in [0.717, 1.165) is 66.5 Å². The lowest BCUT2D eigenvalue weighted by Crippen LogP contribution is -2.54. The summed E-state index contributed by atoms with van der Waals surface area (Å²) in [6, 6.07) is 40.3. The number of aliphatic imine (C=N–C) groups is 1. The Morgan fingerprint density at radius 3 is 2.44 bits per heavy atom. The highest BCUT2D eigenvalue weighted by atomic mass is 16.3. The van der Waals surface area contributed by atoms with Crippen molar-refractivity contribution in [2.75, 3.05) is 0 Å². The van der Waals surface area contributed by atoms with Crippen LogP contribution < -0.4 is 21.3 Å². The van der Waals surface area contributed by atoms with Crippen molar-refractivity contribution in [3.05, 3.63) is 172 Å². The molecule has 5 aromatic carbocycles. The molecule has 1 aliphatic heterocycles. The summed E-state index contributed by atoms with van der Waals surface area (Å²) < 4.78 is 9.61. The Kier molecular flexibility index (Phi) is 7.65. The molecule has 7 aromatic rings. The summed E-state index contributed by atoms with van der Waals surface area (Å²) in [5, 5.41) is 11.6. The number of aryl methyl sites for hydroxylation is 1. The molecule has 0 amide bonds.